The molecule has 14 heteroatoms. The van der Waals surface area contributed by atoms with E-state index in [-0.39, 0.29) is 53.0 Å². The topological polar surface area (TPSA) is 142 Å². The van der Waals surface area contributed by atoms with Gasteiger partial charge in [-0.1, -0.05) is 6.92 Å². The zero-order chi connectivity index (χ0) is 32.3. The van der Waals surface area contributed by atoms with Crippen molar-refractivity contribution in [2.75, 3.05) is 20.3 Å². The van der Waals surface area contributed by atoms with Crippen LogP contribution < -0.4 is 20.5 Å². The summed E-state index contributed by atoms with van der Waals surface area (Å²) in [7, 11) is 1.39. The minimum Gasteiger partial charge on any atom is -0.494 e. The molecule has 2 aromatic heterocycles. The number of ether oxygens (including phenoxy) is 2. The van der Waals surface area contributed by atoms with Crippen LogP contribution in [0.2, 0.25) is 0 Å². The normalized spacial score (nSPS) is 19.1. The number of carbonyl (C=O) groups excluding carboxylic acids is 2. The van der Waals surface area contributed by atoms with E-state index in [1.165, 1.54) is 31.4 Å². The van der Waals surface area contributed by atoms with Gasteiger partial charge in [0.05, 0.1) is 25.4 Å². The summed E-state index contributed by atoms with van der Waals surface area (Å²) < 4.78 is 71.0. The largest absolute Gasteiger partial charge is 0.494 e. The van der Waals surface area contributed by atoms with Crippen LogP contribution in [0.3, 0.4) is 0 Å². The fourth-order valence-electron chi connectivity index (χ4n) is 5.57. The highest BCUT2D eigenvalue weighted by molar-refractivity contribution is 6.00. The Labute approximate surface area is 254 Å². The standard InChI is InChI=1S/C31H29F4N5O5/c1-3-29(28(36)42)15-45-26-21(29)12-23(38-25(26)16-4-6-19(32)7-5-16)30(43,31(33,34)35)14-37-27(41)17-10-18-13-40(20-8-9-20)39-24(18)22(11-17)44-2/h4-7,10-13,20,43H,3,8-9,14-15H2,1-2H3,(H2,36,42)(H,37,41)/t29-,30-/m0/s1. The lowest BCUT2D eigenvalue weighted by atomic mass is 9.78. The van der Waals surface area contributed by atoms with Crippen LogP contribution >= 0.6 is 0 Å². The lowest BCUT2D eigenvalue weighted by molar-refractivity contribution is -0.265. The molecule has 0 radical (unpaired) electrons. The van der Waals surface area contributed by atoms with Crippen molar-refractivity contribution < 1.29 is 41.7 Å². The molecule has 10 nitrogen and oxygen atoms in total. The Morgan fingerprint density at radius 3 is 2.51 bits per heavy atom. The highest BCUT2D eigenvalue weighted by Gasteiger charge is 2.58. The zero-order valence-corrected chi connectivity index (χ0v) is 24.2. The monoisotopic (exact) mass is 627 g/mol. The second kappa shape index (κ2) is 10.7. The van der Waals surface area contributed by atoms with Crippen LogP contribution in [0.4, 0.5) is 17.6 Å². The van der Waals surface area contributed by atoms with Crippen LogP contribution in [0, 0.1) is 5.82 Å². The van der Waals surface area contributed by atoms with Crippen LogP contribution in [-0.2, 0) is 15.8 Å². The first-order chi connectivity index (χ1) is 21.3. The minimum atomic E-state index is -5.35. The molecule has 236 valence electrons. The molecule has 6 rings (SSSR count). The summed E-state index contributed by atoms with van der Waals surface area (Å²) in [6.07, 6.45) is -1.61. The third-order valence-corrected chi connectivity index (χ3v) is 8.54. The molecule has 2 aliphatic rings. The lowest BCUT2D eigenvalue weighted by Crippen LogP contribution is -2.52. The highest BCUT2D eigenvalue weighted by Crippen LogP contribution is 2.49. The summed E-state index contributed by atoms with van der Waals surface area (Å²) >= 11 is 0. The molecule has 0 saturated heterocycles. The Kier molecular flexibility index (Phi) is 7.22. The molecule has 2 amide bonds. The smallest absolute Gasteiger partial charge is 0.424 e. The van der Waals surface area contributed by atoms with Crippen LogP contribution in [0.25, 0.3) is 22.2 Å². The van der Waals surface area contributed by atoms with Gasteiger partial charge >= 0.3 is 6.18 Å². The van der Waals surface area contributed by atoms with Gasteiger partial charge in [0.1, 0.15) is 40.5 Å². The summed E-state index contributed by atoms with van der Waals surface area (Å²) in [6.45, 7) is 0.0229. The number of nitrogens with zero attached hydrogens (tertiary/aromatic N) is 3. The number of hydrogen-bond acceptors (Lipinski definition) is 7. The maximum absolute atomic E-state index is 14.8. The van der Waals surface area contributed by atoms with Crippen LogP contribution in [0.15, 0.2) is 48.7 Å². The Morgan fingerprint density at radius 1 is 1.20 bits per heavy atom. The summed E-state index contributed by atoms with van der Waals surface area (Å²) in [4.78, 5) is 30.0. The van der Waals surface area contributed by atoms with Crippen LogP contribution in [0.5, 0.6) is 11.5 Å². The molecule has 3 heterocycles. The van der Waals surface area contributed by atoms with Gasteiger partial charge in [0.2, 0.25) is 11.5 Å². The first-order valence-electron chi connectivity index (χ1n) is 14.2. The third kappa shape index (κ3) is 5.02. The van der Waals surface area contributed by atoms with Crippen molar-refractivity contribution >= 4 is 22.7 Å². The number of aromatic nitrogens is 3. The number of amides is 2. The number of primary amides is 1. The van der Waals surface area contributed by atoms with Crippen molar-refractivity contribution in [2.24, 2.45) is 5.73 Å². The molecule has 1 fully saturated rings. The van der Waals surface area contributed by atoms with Crippen molar-refractivity contribution in [3.63, 3.8) is 0 Å². The zero-order valence-electron chi connectivity index (χ0n) is 24.2. The van der Waals surface area contributed by atoms with Crippen molar-refractivity contribution in [3.8, 4) is 22.8 Å². The van der Waals surface area contributed by atoms with E-state index < -0.39 is 47.1 Å². The average Bonchev–Trinajstić information content (AvgIpc) is 3.65. The molecule has 4 N–H and O–H groups in total. The molecule has 1 saturated carbocycles. The molecule has 0 bridgehead atoms. The molecule has 2 aromatic carbocycles. The lowest BCUT2D eigenvalue weighted by Gasteiger charge is -2.32. The second-order valence-corrected chi connectivity index (χ2v) is 11.3. The molecule has 45 heavy (non-hydrogen) atoms. The number of hydrogen-bond donors (Lipinski definition) is 3. The van der Waals surface area contributed by atoms with E-state index in [0.717, 1.165) is 31.0 Å². The fourth-order valence-corrected chi connectivity index (χ4v) is 5.57. The predicted octanol–water partition coefficient (Wildman–Crippen LogP) is 4.29. The number of aliphatic hydroxyl groups is 1. The van der Waals surface area contributed by atoms with Crippen LogP contribution in [-0.4, -0.2) is 58.1 Å². The number of rotatable bonds is 9. The second-order valence-electron chi connectivity index (χ2n) is 11.3. The average molecular weight is 628 g/mol. The number of benzene rings is 2. The Morgan fingerprint density at radius 2 is 1.91 bits per heavy atom. The number of halogens is 4. The van der Waals surface area contributed by atoms with Gasteiger partial charge in [-0.25, -0.2) is 9.37 Å². The molecule has 4 aromatic rings. The Hall–Kier alpha value is -4.72. The first kappa shape index (κ1) is 30.3. The van der Waals surface area contributed by atoms with Crippen molar-refractivity contribution in [2.45, 2.75) is 49.4 Å². The highest BCUT2D eigenvalue weighted by atomic mass is 19.4. The van der Waals surface area contributed by atoms with Gasteiger partial charge < -0.3 is 25.6 Å². The molecule has 0 unspecified atom stereocenters. The molecular formula is C31H29F4N5O5. The molecule has 2 atom stereocenters. The van der Waals surface area contributed by atoms with Gasteiger partial charge in [0.25, 0.3) is 5.91 Å². The summed E-state index contributed by atoms with van der Waals surface area (Å²) in [6, 6.07) is 8.75. The van der Waals surface area contributed by atoms with E-state index in [1.54, 1.807) is 17.8 Å². The van der Waals surface area contributed by atoms with Gasteiger partial charge in [0, 0.05) is 28.3 Å². The SMILES string of the molecule is CC[C@]1(C(N)=O)COc2c1cc([C@@](O)(CNC(=O)c1cc(OC)c3nn(C4CC4)cc3c1)C(F)(F)F)nc2-c1ccc(F)cc1. The number of alkyl halides is 3. The summed E-state index contributed by atoms with van der Waals surface area (Å²) in [5.74, 6) is -2.11. The first-order valence-corrected chi connectivity index (χ1v) is 14.2. The minimum absolute atomic E-state index is 0.00121. The Balaban J connectivity index is 1.41. The molecule has 1 aliphatic heterocycles. The number of fused-ring (bicyclic) bond motifs is 2. The molecule has 0 spiro atoms. The van der Waals surface area contributed by atoms with E-state index in [4.69, 9.17) is 15.2 Å². The maximum Gasteiger partial charge on any atom is 0.424 e. The van der Waals surface area contributed by atoms with Gasteiger partial charge in [-0.15, -0.1) is 0 Å². The fraction of sp³-hybridized carbons (Fsp3) is 0.355. The van der Waals surface area contributed by atoms with Gasteiger partial charge in [-0.2, -0.15) is 18.3 Å². The van der Waals surface area contributed by atoms with E-state index >= 15 is 0 Å². The maximum atomic E-state index is 14.8. The number of pyridine rings is 1. The number of nitrogens with two attached hydrogens (primary N) is 1. The molecular weight excluding hydrogens is 598 g/mol. The van der Waals surface area contributed by atoms with Crippen molar-refractivity contribution in [1.82, 2.24) is 20.1 Å². The van der Waals surface area contributed by atoms with Gasteiger partial charge in [-0.3, -0.25) is 14.3 Å². The van der Waals surface area contributed by atoms with Gasteiger partial charge in [0.15, 0.2) is 0 Å². The van der Waals surface area contributed by atoms with E-state index in [2.05, 4.69) is 15.4 Å². The van der Waals surface area contributed by atoms with E-state index in [9.17, 15) is 32.3 Å². The van der Waals surface area contributed by atoms with Crippen molar-refractivity contribution in [1.29, 1.82) is 0 Å². The summed E-state index contributed by atoms with van der Waals surface area (Å²) in [5, 5.41) is 18.6. The predicted molar refractivity (Wildman–Crippen MR) is 153 cm³/mol. The van der Waals surface area contributed by atoms with E-state index in [0.29, 0.717) is 10.9 Å². The van der Waals surface area contributed by atoms with E-state index in [1.807, 2.05) is 0 Å². The summed E-state index contributed by atoms with van der Waals surface area (Å²) in [5.41, 5.74) is 0.0628. The Bertz CT molecular complexity index is 1820. The van der Waals surface area contributed by atoms with Crippen molar-refractivity contribution in [3.05, 3.63) is 71.3 Å². The van der Waals surface area contributed by atoms with Crippen LogP contribution in [0.1, 0.15) is 53.8 Å². The van der Waals surface area contributed by atoms with Gasteiger partial charge in [-0.05, 0) is 61.7 Å². The quantitative estimate of drug-likeness (QED) is 0.235. The number of methoxy groups -OCH3 is 1. The third-order valence-electron chi connectivity index (χ3n) is 8.54. The number of carbonyl (C=O) groups is 2. The number of nitrogens with one attached hydrogen (secondary N) is 1. The molecule has 1 aliphatic carbocycles.